The van der Waals surface area contributed by atoms with Gasteiger partial charge in [0.2, 0.25) is 0 Å². The Bertz CT molecular complexity index is 360. The van der Waals surface area contributed by atoms with Gasteiger partial charge < -0.3 is 10.5 Å². The van der Waals surface area contributed by atoms with Crippen LogP contribution in [-0.2, 0) is 0 Å². The summed E-state index contributed by atoms with van der Waals surface area (Å²) >= 11 is 0. The van der Waals surface area contributed by atoms with Crippen LogP contribution in [0.15, 0.2) is 18.2 Å². The van der Waals surface area contributed by atoms with Crippen molar-refractivity contribution in [2.45, 2.75) is 20.3 Å². The van der Waals surface area contributed by atoms with Gasteiger partial charge in [0.15, 0.2) is 0 Å². The van der Waals surface area contributed by atoms with Crippen LogP contribution in [0.4, 0.5) is 5.69 Å². The average molecular weight is 189 g/mol. The van der Waals surface area contributed by atoms with E-state index in [0.29, 0.717) is 6.61 Å². The molecule has 0 radical (unpaired) electrons. The quantitative estimate of drug-likeness (QED) is 0.450. The molecule has 0 amide bonds. The Labute approximate surface area is 85.1 Å². The summed E-state index contributed by atoms with van der Waals surface area (Å²) in [5.74, 6) is 6.63. The van der Waals surface area contributed by atoms with Gasteiger partial charge >= 0.3 is 0 Å². The van der Waals surface area contributed by atoms with Crippen molar-refractivity contribution in [2.24, 2.45) is 0 Å². The van der Waals surface area contributed by atoms with Crippen LogP contribution in [0.5, 0.6) is 5.75 Å². The number of benzene rings is 1. The molecule has 0 spiro atoms. The smallest absolute Gasteiger partial charge is 0.119 e. The van der Waals surface area contributed by atoms with Crippen molar-refractivity contribution in [3.8, 4) is 17.6 Å². The summed E-state index contributed by atoms with van der Waals surface area (Å²) in [5.41, 5.74) is 7.53. The lowest BCUT2D eigenvalue weighted by Gasteiger charge is -2.06. The molecule has 2 N–H and O–H groups in total. The SMILES string of the molecule is CC#CCCOc1ccc(N)c(C)c1. The lowest BCUT2D eigenvalue weighted by Crippen LogP contribution is -1.97. The third-order valence-corrected chi connectivity index (χ3v) is 1.91. The zero-order chi connectivity index (χ0) is 10.4. The van der Waals surface area contributed by atoms with Crippen LogP contribution in [0.3, 0.4) is 0 Å². The van der Waals surface area contributed by atoms with Gasteiger partial charge in [-0.05, 0) is 37.6 Å². The maximum Gasteiger partial charge on any atom is 0.119 e. The predicted octanol–water partition coefficient (Wildman–Crippen LogP) is 2.37. The molecule has 2 heteroatoms. The standard InChI is InChI=1S/C12H15NO/c1-3-4-5-8-14-11-6-7-12(13)10(2)9-11/h6-7,9H,5,8,13H2,1-2H3. The van der Waals surface area contributed by atoms with Gasteiger partial charge in [-0.1, -0.05) is 0 Å². The Kier molecular flexibility index (Phi) is 3.87. The monoisotopic (exact) mass is 189 g/mol. The Balaban J connectivity index is 2.50. The molecule has 0 unspecified atom stereocenters. The molecule has 1 aromatic rings. The first kappa shape index (κ1) is 10.5. The van der Waals surface area contributed by atoms with E-state index in [1.165, 1.54) is 0 Å². The molecule has 0 atom stereocenters. The van der Waals surface area contributed by atoms with Crippen molar-refractivity contribution in [3.63, 3.8) is 0 Å². The van der Waals surface area contributed by atoms with Gasteiger partial charge in [0.05, 0.1) is 6.61 Å². The predicted molar refractivity (Wildman–Crippen MR) is 59.2 cm³/mol. The topological polar surface area (TPSA) is 35.2 Å². The van der Waals surface area contributed by atoms with Gasteiger partial charge in [-0.25, -0.2) is 0 Å². The fraction of sp³-hybridized carbons (Fsp3) is 0.333. The minimum atomic E-state index is 0.629. The van der Waals surface area contributed by atoms with Crippen LogP contribution >= 0.6 is 0 Å². The molecule has 0 aliphatic carbocycles. The summed E-state index contributed by atoms with van der Waals surface area (Å²) in [5, 5.41) is 0. The van der Waals surface area contributed by atoms with Crippen molar-refractivity contribution >= 4 is 5.69 Å². The van der Waals surface area contributed by atoms with Gasteiger partial charge in [0, 0.05) is 12.1 Å². The van der Waals surface area contributed by atoms with E-state index in [-0.39, 0.29) is 0 Å². The number of anilines is 1. The van der Waals surface area contributed by atoms with Crippen molar-refractivity contribution < 1.29 is 4.74 Å². The highest BCUT2D eigenvalue weighted by molar-refractivity contribution is 5.49. The van der Waals surface area contributed by atoms with E-state index in [1.807, 2.05) is 32.0 Å². The third kappa shape index (κ3) is 3.02. The van der Waals surface area contributed by atoms with Crippen LogP contribution in [0, 0.1) is 18.8 Å². The fourth-order valence-electron chi connectivity index (χ4n) is 1.08. The van der Waals surface area contributed by atoms with Gasteiger partial charge in [0.1, 0.15) is 5.75 Å². The van der Waals surface area contributed by atoms with Crippen molar-refractivity contribution in [1.29, 1.82) is 0 Å². The van der Waals surface area contributed by atoms with E-state index in [4.69, 9.17) is 10.5 Å². The minimum absolute atomic E-state index is 0.629. The first-order valence-corrected chi connectivity index (χ1v) is 4.62. The summed E-state index contributed by atoms with van der Waals surface area (Å²) in [7, 11) is 0. The molecule has 0 bridgehead atoms. The molecule has 0 fully saturated rings. The molecule has 0 heterocycles. The molecule has 74 valence electrons. The fourth-order valence-corrected chi connectivity index (χ4v) is 1.08. The van der Waals surface area contributed by atoms with Crippen LogP contribution in [0.2, 0.25) is 0 Å². The molecular formula is C12H15NO. The van der Waals surface area contributed by atoms with Crippen LogP contribution in [0.1, 0.15) is 18.9 Å². The van der Waals surface area contributed by atoms with E-state index in [2.05, 4.69) is 11.8 Å². The van der Waals surface area contributed by atoms with E-state index in [1.54, 1.807) is 0 Å². The largest absolute Gasteiger partial charge is 0.493 e. The van der Waals surface area contributed by atoms with Gasteiger partial charge in [-0.3, -0.25) is 0 Å². The molecule has 0 aliphatic rings. The molecule has 0 aliphatic heterocycles. The summed E-state index contributed by atoms with van der Waals surface area (Å²) in [4.78, 5) is 0. The van der Waals surface area contributed by atoms with Crippen molar-refractivity contribution in [1.82, 2.24) is 0 Å². The number of ether oxygens (including phenoxy) is 1. The summed E-state index contributed by atoms with van der Waals surface area (Å²) in [6.07, 6.45) is 0.764. The van der Waals surface area contributed by atoms with E-state index in [0.717, 1.165) is 23.4 Å². The van der Waals surface area contributed by atoms with Crippen LogP contribution in [-0.4, -0.2) is 6.61 Å². The second kappa shape index (κ2) is 5.18. The second-order valence-electron chi connectivity index (χ2n) is 3.04. The number of nitrogens with two attached hydrogens (primary N) is 1. The highest BCUT2D eigenvalue weighted by atomic mass is 16.5. The van der Waals surface area contributed by atoms with Crippen molar-refractivity contribution in [2.75, 3.05) is 12.3 Å². The number of nitrogen functional groups attached to an aromatic ring is 1. The minimum Gasteiger partial charge on any atom is -0.493 e. The number of aryl methyl sites for hydroxylation is 1. The number of hydrogen-bond donors (Lipinski definition) is 1. The Hall–Kier alpha value is -1.62. The van der Waals surface area contributed by atoms with Crippen molar-refractivity contribution in [3.05, 3.63) is 23.8 Å². The summed E-state index contributed by atoms with van der Waals surface area (Å²) in [6, 6.07) is 5.67. The zero-order valence-corrected chi connectivity index (χ0v) is 8.63. The molecule has 2 nitrogen and oxygen atoms in total. The Morgan fingerprint density at radius 1 is 1.43 bits per heavy atom. The Morgan fingerprint density at radius 3 is 2.86 bits per heavy atom. The maximum atomic E-state index is 5.69. The molecule has 0 saturated carbocycles. The summed E-state index contributed by atoms with van der Waals surface area (Å²) < 4.78 is 5.49. The first-order valence-electron chi connectivity index (χ1n) is 4.62. The molecule has 0 saturated heterocycles. The van der Waals surface area contributed by atoms with Crippen LogP contribution in [0.25, 0.3) is 0 Å². The Morgan fingerprint density at radius 2 is 2.21 bits per heavy atom. The first-order chi connectivity index (χ1) is 6.74. The molecular weight excluding hydrogens is 174 g/mol. The number of rotatable bonds is 3. The lowest BCUT2D eigenvalue weighted by atomic mass is 10.2. The third-order valence-electron chi connectivity index (χ3n) is 1.91. The van der Waals surface area contributed by atoms with E-state index < -0.39 is 0 Å². The van der Waals surface area contributed by atoms with Gasteiger partial charge in [-0.15, -0.1) is 11.8 Å². The molecule has 14 heavy (non-hydrogen) atoms. The van der Waals surface area contributed by atoms with Gasteiger partial charge in [0.25, 0.3) is 0 Å². The maximum absolute atomic E-state index is 5.69. The van der Waals surface area contributed by atoms with Crippen LogP contribution < -0.4 is 10.5 Å². The average Bonchev–Trinajstić information content (AvgIpc) is 2.18. The zero-order valence-electron chi connectivity index (χ0n) is 8.63. The summed E-state index contributed by atoms with van der Waals surface area (Å²) in [6.45, 7) is 4.42. The van der Waals surface area contributed by atoms with Gasteiger partial charge in [-0.2, -0.15) is 0 Å². The number of hydrogen-bond acceptors (Lipinski definition) is 2. The normalized spacial score (nSPS) is 9.00. The lowest BCUT2D eigenvalue weighted by molar-refractivity contribution is 0.327. The molecule has 1 rings (SSSR count). The molecule has 1 aromatic carbocycles. The highest BCUT2D eigenvalue weighted by Crippen LogP contribution is 2.18. The molecule has 0 aromatic heterocycles. The van der Waals surface area contributed by atoms with E-state index in [9.17, 15) is 0 Å². The highest BCUT2D eigenvalue weighted by Gasteiger charge is 1.96. The van der Waals surface area contributed by atoms with E-state index >= 15 is 0 Å². The second-order valence-corrected chi connectivity index (χ2v) is 3.04.